The molecule has 1 rings (SSSR count). The molecule has 0 aromatic heterocycles. The number of rotatable bonds is 6. The molecule has 6 N–H and O–H groups in total. The van der Waals surface area contributed by atoms with Crippen LogP contribution in [0.25, 0.3) is 0 Å². The Hall–Kier alpha value is -2.57. The minimum Gasteiger partial charge on any atom is -0.399 e. The number of primary amides is 1. The van der Waals surface area contributed by atoms with Crippen molar-refractivity contribution in [3.63, 3.8) is 0 Å². The second-order valence-electron chi connectivity index (χ2n) is 5.00. The van der Waals surface area contributed by atoms with E-state index >= 15 is 0 Å². The minimum absolute atomic E-state index is 0.126. The molecular weight excluding hydrogens is 272 g/mol. The first kappa shape index (κ1) is 16.5. The molecule has 0 bridgehead atoms. The predicted molar refractivity (Wildman–Crippen MR) is 79.2 cm³/mol. The molecule has 1 aromatic rings. The average Bonchev–Trinajstić information content (AvgIpc) is 2.42. The van der Waals surface area contributed by atoms with Crippen LogP contribution in [0.5, 0.6) is 0 Å². The molecule has 0 saturated heterocycles. The van der Waals surface area contributed by atoms with E-state index in [4.69, 9.17) is 11.5 Å². The van der Waals surface area contributed by atoms with Crippen LogP contribution in [0.2, 0.25) is 0 Å². The van der Waals surface area contributed by atoms with Crippen molar-refractivity contribution in [1.29, 1.82) is 0 Å². The average molecular weight is 292 g/mol. The van der Waals surface area contributed by atoms with E-state index in [1.54, 1.807) is 38.1 Å². The van der Waals surface area contributed by atoms with Crippen LogP contribution in [0.3, 0.4) is 0 Å². The Bertz CT molecular complexity index is 526. The molecule has 0 aliphatic rings. The number of carbonyl (C=O) groups excluding carboxylic acids is 3. The molecule has 1 unspecified atom stereocenters. The van der Waals surface area contributed by atoms with Crippen molar-refractivity contribution in [2.45, 2.75) is 19.9 Å². The van der Waals surface area contributed by atoms with Gasteiger partial charge in [0.15, 0.2) is 0 Å². The van der Waals surface area contributed by atoms with Crippen molar-refractivity contribution in [1.82, 2.24) is 10.6 Å². The lowest BCUT2D eigenvalue weighted by atomic mass is 10.0. The molecule has 114 valence electrons. The fraction of sp³-hybridized carbons (Fsp3) is 0.357. The van der Waals surface area contributed by atoms with Crippen LogP contribution >= 0.6 is 0 Å². The summed E-state index contributed by atoms with van der Waals surface area (Å²) in [6.45, 7) is 3.30. The predicted octanol–water partition coefficient (Wildman–Crippen LogP) is -0.375. The van der Waals surface area contributed by atoms with Crippen LogP contribution in [0, 0.1) is 5.92 Å². The number of anilines is 1. The fourth-order valence-corrected chi connectivity index (χ4v) is 1.69. The van der Waals surface area contributed by atoms with Gasteiger partial charge in [-0.3, -0.25) is 14.4 Å². The summed E-state index contributed by atoms with van der Waals surface area (Å²) >= 11 is 0. The molecule has 0 fully saturated rings. The van der Waals surface area contributed by atoms with Crippen molar-refractivity contribution in [3.8, 4) is 0 Å². The zero-order valence-electron chi connectivity index (χ0n) is 12.1. The first-order valence-corrected chi connectivity index (χ1v) is 6.53. The number of nitrogen functional groups attached to an aromatic ring is 1. The molecule has 1 aromatic carbocycles. The molecule has 3 amide bonds. The van der Waals surface area contributed by atoms with Crippen LogP contribution in [0.15, 0.2) is 24.3 Å². The van der Waals surface area contributed by atoms with Gasteiger partial charge in [-0.1, -0.05) is 13.8 Å². The van der Waals surface area contributed by atoms with Gasteiger partial charge in [-0.25, -0.2) is 0 Å². The van der Waals surface area contributed by atoms with Gasteiger partial charge in [-0.05, 0) is 30.2 Å². The normalized spacial score (nSPS) is 11.8. The van der Waals surface area contributed by atoms with E-state index in [-0.39, 0.29) is 12.5 Å². The van der Waals surface area contributed by atoms with Crippen LogP contribution in [0.1, 0.15) is 24.2 Å². The lowest BCUT2D eigenvalue weighted by molar-refractivity contribution is -0.127. The van der Waals surface area contributed by atoms with E-state index in [2.05, 4.69) is 10.6 Å². The van der Waals surface area contributed by atoms with Crippen molar-refractivity contribution in [3.05, 3.63) is 29.8 Å². The van der Waals surface area contributed by atoms with Crippen LogP contribution in [-0.4, -0.2) is 30.3 Å². The number of nitrogens with two attached hydrogens (primary N) is 2. The van der Waals surface area contributed by atoms with Gasteiger partial charge in [0.1, 0.15) is 6.04 Å². The third-order valence-electron chi connectivity index (χ3n) is 2.87. The van der Waals surface area contributed by atoms with Gasteiger partial charge < -0.3 is 22.1 Å². The molecular formula is C14H20N4O3. The zero-order valence-corrected chi connectivity index (χ0v) is 12.1. The summed E-state index contributed by atoms with van der Waals surface area (Å²) in [4.78, 5) is 34.7. The number of hydrogen-bond donors (Lipinski definition) is 4. The van der Waals surface area contributed by atoms with Gasteiger partial charge in [0, 0.05) is 11.3 Å². The van der Waals surface area contributed by atoms with Gasteiger partial charge in [0.2, 0.25) is 11.8 Å². The molecule has 21 heavy (non-hydrogen) atoms. The third-order valence-corrected chi connectivity index (χ3v) is 2.87. The molecule has 1 atom stereocenters. The van der Waals surface area contributed by atoms with Crippen molar-refractivity contribution >= 4 is 23.4 Å². The first-order chi connectivity index (χ1) is 9.81. The van der Waals surface area contributed by atoms with Crippen molar-refractivity contribution in [2.75, 3.05) is 12.3 Å². The van der Waals surface area contributed by atoms with E-state index in [9.17, 15) is 14.4 Å². The molecule has 0 saturated carbocycles. The molecule has 0 aliphatic carbocycles. The molecule has 0 radical (unpaired) electrons. The topological polar surface area (TPSA) is 127 Å². The van der Waals surface area contributed by atoms with Gasteiger partial charge in [0.05, 0.1) is 6.54 Å². The van der Waals surface area contributed by atoms with Crippen molar-refractivity contribution in [2.24, 2.45) is 11.7 Å². The summed E-state index contributed by atoms with van der Waals surface area (Å²) in [5.41, 5.74) is 11.7. The highest BCUT2D eigenvalue weighted by molar-refractivity contribution is 5.97. The van der Waals surface area contributed by atoms with E-state index in [1.807, 2.05) is 0 Å². The quantitative estimate of drug-likeness (QED) is 0.533. The summed E-state index contributed by atoms with van der Waals surface area (Å²) in [7, 11) is 0. The molecule has 0 aliphatic heterocycles. The fourth-order valence-electron chi connectivity index (χ4n) is 1.69. The molecule has 7 heteroatoms. The smallest absolute Gasteiger partial charge is 0.251 e. The maximum atomic E-state index is 11.8. The zero-order chi connectivity index (χ0) is 16.0. The van der Waals surface area contributed by atoms with Crippen LogP contribution in [-0.2, 0) is 9.59 Å². The third kappa shape index (κ3) is 5.13. The summed E-state index contributed by atoms with van der Waals surface area (Å²) in [5.74, 6) is -1.61. The van der Waals surface area contributed by atoms with Gasteiger partial charge >= 0.3 is 0 Å². The number of benzene rings is 1. The maximum Gasteiger partial charge on any atom is 0.251 e. The Morgan fingerprint density at radius 1 is 1.14 bits per heavy atom. The monoisotopic (exact) mass is 292 g/mol. The highest BCUT2D eigenvalue weighted by atomic mass is 16.2. The second-order valence-corrected chi connectivity index (χ2v) is 5.00. The number of carbonyl (C=O) groups is 3. The SMILES string of the molecule is CC(C)C(NC(=O)CNC(=O)c1ccc(N)cc1)C(N)=O. The van der Waals surface area contributed by atoms with Gasteiger partial charge in [-0.2, -0.15) is 0 Å². The van der Waals surface area contributed by atoms with E-state index < -0.39 is 23.8 Å². The number of hydrogen-bond acceptors (Lipinski definition) is 4. The summed E-state index contributed by atoms with van der Waals surface area (Å²) in [6.07, 6.45) is 0. The lowest BCUT2D eigenvalue weighted by Gasteiger charge is -2.19. The standard InChI is InChI=1S/C14H20N4O3/c1-8(2)12(13(16)20)18-11(19)7-17-14(21)9-3-5-10(15)6-4-9/h3-6,8,12H,7,15H2,1-2H3,(H2,16,20)(H,17,21)(H,18,19). The minimum atomic E-state index is -0.758. The van der Waals surface area contributed by atoms with Crippen molar-refractivity contribution < 1.29 is 14.4 Å². The Labute approximate surface area is 123 Å². The number of nitrogens with one attached hydrogen (secondary N) is 2. The van der Waals surface area contributed by atoms with Gasteiger partial charge in [-0.15, -0.1) is 0 Å². The Balaban J connectivity index is 2.51. The van der Waals surface area contributed by atoms with Crippen LogP contribution in [0.4, 0.5) is 5.69 Å². The largest absolute Gasteiger partial charge is 0.399 e. The lowest BCUT2D eigenvalue weighted by Crippen LogP contribution is -2.50. The van der Waals surface area contributed by atoms with Gasteiger partial charge in [0.25, 0.3) is 5.91 Å². The highest BCUT2D eigenvalue weighted by Crippen LogP contribution is 2.05. The summed E-state index contributed by atoms with van der Waals surface area (Å²) in [5, 5.41) is 4.94. The second kappa shape index (κ2) is 7.28. The molecule has 0 spiro atoms. The van der Waals surface area contributed by atoms with Crippen LogP contribution < -0.4 is 22.1 Å². The van der Waals surface area contributed by atoms with E-state index in [0.717, 1.165) is 0 Å². The van der Waals surface area contributed by atoms with E-state index in [0.29, 0.717) is 11.3 Å². The number of amides is 3. The summed E-state index contributed by atoms with van der Waals surface area (Å²) < 4.78 is 0. The van der Waals surface area contributed by atoms with E-state index in [1.165, 1.54) is 0 Å². The first-order valence-electron chi connectivity index (χ1n) is 6.53. The maximum absolute atomic E-state index is 11.8. The Morgan fingerprint density at radius 2 is 1.71 bits per heavy atom. The molecule has 7 nitrogen and oxygen atoms in total. The molecule has 0 heterocycles. The summed E-state index contributed by atoms with van der Waals surface area (Å²) in [6, 6.07) is 5.55. The Kier molecular flexibility index (Phi) is 5.71. The highest BCUT2D eigenvalue weighted by Gasteiger charge is 2.21. The Morgan fingerprint density at radius 3 is 2.19 bits per heavy atom.